The fourth-order valence-electron chi connectivity index (χ4n) is 1.69. The molecule has 0 atom stereocenters. The third-order valence-electron chi connectivity index (χ3n) is 2.56. The Morgan fingerprint density at radius 2 is 2.10 bits per heavy atom. The number of benzene rings is 1. The minimum absolute atomic E-state index is 0.0701. The number of alkyl halides is 1. The number of halogens is 1. The van der Waals surface area contributed by atoms with Crippen LogP contribution in [0.4, 0.5) is 0 Å². The number of nitrogens with zero attached hydrogens (tertiary/aromatic N) is 2. The number of carbonyl (C=O) groups excluding carboxylic acids is 1. The van der Waals surface area contributed by atoms with E-state index >= 15 is 0 Å². The molecule has 0 bridgehead atoms. The number of rotatable bonds is 5. The van der Waals surface area contributed by atoms with E-state index in [0.29, 0.717) is 11.4 Å². The van der Waals surface area contributed by atoms with E-state index in [4.69, 9.17) is 4.18 Å². The summed E-state index contributed by atoms with van der Waals surface area (Å²) in [4.78, 5) is 11.6. The minimum Gasteiger partial charge on any atom is -0.561 e. The number of carbonyl (C=O) groups is 1. The second-order valence-electron chi connectivity index (χ2n) is 4.02. The molecule has 2 rings (SSSR count). The Kier molecular flexibility index (Phi) is 4.61. The van der Waals surface area contributed by atoms with Crippen LogP contribution in [0.3, 0.4) is 0 Å². The predicted molar refractivity (Wildman–Crippen MR) is 82.2 cm³/mol. The van der Waals surface area contributed by atoms with Crippen molar-refractivity contribution in [2.75, 3.05) is 5.33 Å². The molecule has 0 aliphatic carbocycles. The van der Waals surface area contributed by atoms with Gasteiger partial charge >= 0.3 is 0 Å². The van der Waals surface area contributed by atoms with Crippen LogP contribution < -0.4 is 4.18 Å². The van der Waals surface area contributed by atoms with Crippen LogP contribution in [0.2, 0.25) is 0 Å². The zero-order valence-electron chi connectivity index (χ0n) is 10.7. The third kappa shape index (κ3) is 3.29. The summed E-state index contributed by atoms with van der Waals surface area (Å²) in [5.74, 6) is 3.64. The summed E-state index contributed by atoms with van der Waals surface area (Å²) in [5, 5.41) is 4.51. The van der Waals surface area contributed by atoms with Crippen molar-refractivity contribution in [3.8, 4) is 11.4 Å². The highest BCUT2D eigenvalue weighted by molar-refractivity contribution is 9.09. The third-order valence-corrected chi connectivity index (χ3v) is 3.45. The normalized spacial score (nSPS) is 10.8. The Morgan fingerprint density at radius 3 is 2.65 bits per heavy atom. The summed E-state index contributed by atoms with van der Waals surface area (Å²) >= 11 is 3.12. The molecule has 7 heteroatoms. The first-order chi connectivity index (χ1) is 9.51. The van der Waals surface area contributed by atoms with E-state index in [9.17, 15) is 9.00 Å². The summed E-state index contributed by atoms with van der Waals surface area (Å²) < 4.78 is 17.5. The lowest BCUT2D eigenvalue weighted by atomic mass is 10.3. The van der Waals surface area contributed by atoms with Crippen LogP contribution in [0.5, 0.6) is 5.75 Å². The van der Waals surface area contributed by atoms with Crippen molar-refractivity contribution >= 4 is 38.3 Å². The van der Waals surface area contributed by atoms with Crippen LogP contribution in [-0.4, -0.2) is 26.8 Å². The quantitative estimate of drug-likeness (QED) is 0.357. The molecule has 0 fully saturated rings. The zero-order chi connectivity index (χ0) is 14.7. The predicted octanol–water partition coefficient (Wildman–Crippen LogP) is 2.45. The molecular weight excluding hydrogens is 344 g/mol. The maximum absolute atomic E-state index is 11.6. The molecule has 0 saturated carbocycles. The Morgan fingerprint density at radius 1 is 1.45 bits per heavy atom. The molecule has 1 heterocycles. The van der Waals surface area contributed by atoms with Gasteiger partial charge in [-0.05, 0) is 37.3 Å². The summed E-state index contributed by atoms with van der Waals surface area (Å²) in [6, 6.07) is 8.62. The van der Waals surface area contributed by atoms with Crippen molar-refractivity contribution in [1.29, 1.82) is 0 Å². The minimum atomic E-state index is -1.60. The van der Waals surface area contributed by atoms with Gasteiger partial charge in [-0.15, -0.1) is 10.7 Å². The average Bonchev–Trinajstić information content (AvgIpc) is 2.80. The standard InChI is InChI=1S/C13H12BrN2O3S/c1-9-7-12(13(17)8-14)15-16(9)10-3-5-11(6-4-10)19-20(2)18/h3-7H,2,8H2,1H3/q-1. The number of Topliss-reactive ketones (excluding diaryl/α,β-unsaturated/α-hetero) is 1. The van der Waals surface area contributed by atoms with E-state index < -0.39 is 10.7 Å². The molecule has 0 N–H and O–H groups in total. The van der Waals surface area contributed by atoms with Crippen LogP contribution in [0, 0.1) is 6.92 Å². The van der Waals surface area contributed by atoms with E-state index in [1.165, 1.54) is 0 Å². The molecule has 2 aromatic rings. The smallest absolute Gasteiger partial charge is 0.193 e. The molecule has 0 radical (unpaired) electrons. The van der Waals surface area contributed by atoms with Gasteiger partial charge in [-0.2, -0.15) is 11.0 Å². The number of hydrogen-bond acceptors (Lipinski definition) is 5. The van der Waals surface area contributed by atoms with Gasteiger partial charge in [-0.3, -0.25) is 4.79 Å². The molecule has 5 nitrogen and oxygen atoms in total. The second-order valence-corrected chi connectivity index (χ2v) is 5.36. The van der Waals surface area contributed by atoms with E-state index in [1.54, 1.807) is 35.0 Å². The number of hydrogen-bond donors (Lipinski definition) is 0. The van der Waals surface area contributed by atoms with Crippen molar-refractivity contribution < 1.29 is 13.2 Å². The van der Waals surface area contributed by atoms with Gasteiger partial charge in [0.05, 0.1) is 16.8 Å². The summed E-state index contributed by atoms with van der Waals surface area (Å²) in [7, 11) is -1.60. The molecule has 20 heavy (non-hydrogen) atoms. The molecule has 0 saturated heterocycles. The summed E-state index contributed by atoms with van der Waals surface area (Å²) in [6.45, 7) is 1.87. The van der Waals surface area contributed by atoms with Gasteiger partial charge in [-0.25, -0.2) is 4.68 Å². The molecule has 0 amide bonds. The lowest BCUT2D eigenvalue weighted by Crippen LogP contribution is -2.04. The molecule has 0 spiro atoms. The molecule has 0 unspecified atom stereocenters. The van der Waals surface area contributed by atoms with E-state index in [-0.39, 0.29) is 11.1 Å². The highest BCUT2D eigenvalue weighted by Gasteiger charge is 2.11. The van der Waals surface area contributed by atoms with Crippen molar-refractivity contribution in [3.63, 3.8) is 0 Å². The fourth-order valence-corrected chi connectivity index (χ4v) is 2.30. The molecule has 1 aromatic heterocycles. The zero-order valence-corrected chi connectivity index (χ0v) is 13.1. The van der Waals surface area contributed by atoms with Crippen LogP contribution in [0.1, 0.15) is 16.2 Å². The van der Waals surface area contributed by atoms with Crippen LogP contribution in [0.25, 0.3) is 5.69 Å². The van der Waals surface area contributed by atoms with Gasteiger partial charge in [-0.1, -0.05) is 15.9 Å². The highest BCUT2D eigenvalue weighted by atomic mass is 79.9. The largest absolute Gasteiger partial charge is 0.561 e. The molecule has 106 valence electrons. The first-order valence-corrected chi connectivity index (χ1v) is 8.04. The first kappa shape index (κ1) is 14.8. The number of aromatic nitrogens is 2. The second kappa shape index (κ2) is 6.23. The van der Waals surface area contributed by atoms with Gasteiger partial charge in [0, 0.05) is 5.69 Å². The van der Waals surface area contributed by atoms with Crippen molar-refractivity contribution in [3.05, 3.63) is 41.7 Å². The average molecular weight is 356 g/mol. The topological polar surface area (TPSA) is 61.2 Å². The van der Waals surface area contributed by atoms with Crippen LogP contribution in [-0.2, 0) is 14.9 Å². The number of ketones is 1. The molecular formula is C13H12BrN2O3S-. The Hall–Kier alpha value is -1.60. The SMILES string of the molecule is C=[S-](=O)Oc1ccc(-n2nc(C(=O)CBr)cc2C)cc1. The monoisotopic (exact) mass is 355 g/mol. The van der Waals surface area contributed by atoms with E-state index in [1.807, 2.05) is 6.92 Å². The van der Waals surface area contributed by atoms with Crippen LogP contribution in [0.15, 0.2) is 30.3 Å². The van der Waals surface area contributed by atoms with E-state index in [2.05, 4.69) is 26.9 Å². The van der Waals surface area contributed by atoms with Gasteiger partial charge in [0.15, 0.2) is 5.78 Å². The molecule has 0 aliphatic rings. The summed E-state index contributed by atoms with van der Waals surface area (Å²) in [6.07, 6.45) is 0. The lowest BCUT2D eigenvalue weighted by molar-refractivity contribution is 0.101. The Labute approximate surface area is 126 Å². The van der Waals surface area contributed by atoms with Crippen molar-refractivity contribution in [2.24, 2.45) is 0 Å². The van der Waals surface area contributed by atoms with Crippen LogP contribution >= 0.6 is 15.9 Å². The molecule has 1 aromatic carbocycles. The van der Waals surface area contributed by atoms with Gasteiger partial charge < -0.3 is 8.39 Å². The Balaban J connectivity index is 2.32. The number of aryl methyl sites for hydroxylation is 1. The maximum Gasteiger partial charge on any atom is 0.193 e. The highest BCUT2D eigenvalue weighted by Crippen LogP contribution is 2.17. The van der Waals surface area contributed by atoms with Crippen molar-refractivity contribution in [2.45, 2.75) is 6.92 Å². The molecule has 0 aliphatic heterocycles. The maximum atomic E-state index is 11.6. The first-order valence-electron chi connectivity index (χ1n) is 5.67. The van der Waals surface area contributed by atoms with Gasteiger partial charge in [0.25, 0.3) is 0 Å². The van der Waals surface area contributed by atoms with Crippen molar-refractivity contribution in [1.82, 2.24) is 9.78 Å². The fraction of sp³-hybridized carbons (Fsp3) is 0.154. The summed E-state index contributed by atoms with van der Waals surface area (Å²) in [5.41, 5.74) is 2.06. The van der Waals surface area contributed by atoms with Gasteiger partial charge in [0.1, 0.15) is 5.69 Å². The Bertz CT molecular complexity index is 697. The lowest BCUT2D eigenvalue weighted by Gasteiger charge is -2.09. The van der Waals surface area contributed by atoms with Gasteiger partial charge in [0.2, 0.25) is 0 Å². The van der Waals surface area contributed by atoms with E-state index in [0.717, 1.165) is 11.4 Å².